The van der Waals surface area contributed by atoms with Gasteiger partial charge in [-0.15, -0.1) is 0 Å². The lowest BCUT2D eigenvalue weighted by Gasteiger charge is -2.31. The highest BCUT2D eigenvalue weighted by Crippen LogP contribution is 2.23. The Bertz CT molecular complexity index is 610. The first-order chi connectivity index (χ1) is 12.0. The Morgan fingerprint density at radius 1 is 1.32 bits per heavy atom. The topological polar surface area (TPSA) is 134 Å². The van der Waals surface area contributed by atoms with Crippen LogP contribution in [0.3, 0.4) is 0 Å². The summed E-state index contributed by atoms with van der Waals surface area (Å²) in [5.74, 6) is -1.28. The average molecular weight is 347 g/mol. The summed E-state index contributed by atoms with van der Waals surface area (Å²) < 4.78 is 0. The van der Waals surface area contributed by atoms with Crippen molar-refractivity contribution in [3.05, 3.63) is 30.3 Å². The number of nitrogens with two attached hydrogens (primary N) is 2. The first-order valence-electron chi connectivity index (χ1n) is 8.40. The molecule has 1 aliphatic heterocycles. The molecule has 1 aliphatic rings. The van der Waals surface area contributed by atoms with Gasteiger partial charge in [0.2, 0.25) is 5.91 Å². The molecule has 2 rings (SSSR count). The van der Waals surface area contributed by atoms with Crippen LogP contribution in [-0.2, 0) is 9.59 Å². The third kappa shape index (κ3) is 5.18. The molecule has 0 saturated carbocycles. The number of carbonyl (C=O) groups is 2. The molecule has 6 N–H and O–H groups in total. The van der Waals surface area contributed by atoms with Gasteiger partial charge in [0.1, 0.15) is 6.04 Å². The van der Waals surface area contributed by atoms with Crippen molar-refractivity contribution in [1.82, 2.24) is 5.32 Å². The van der Waals surface area contributed by atoms with Crippen molar-refractivity contribution < 1.29 is 14.7 Å². The zero-order valence-electron chi connectivity index (χ0n) is 14.1. The van der Waals surface area contributed by atoms with E-state index in [1.807, 2.05) is 6.07 Å². The van der Waals surface area contributed by atoms with Gasteiger partial charge in [0.25, 0.3) is 0 Å². The molecule has 1 heterocycles. The lowest BCUT2D eigenvalue weighted by atomic mass is 10.1. The minimum atomic E-state index is -1.04. The third-order valence-corrected chi connectivity index (χ3v) is 4.16. The monoisotopic (exact) mass is 347 g/mol. The van der Waals surface area contributed by atoms with Crippen LogP contribution in [0.5, 0.6) is 0 Å². The van der Waals surface area contributed by atoms with Gasteiger partial charge >= 0.3 is 5.97 Å². The average Bonchev–Trinajstić information content (AvgIpc) is 3.12. The number of carboxylic acid groups (broad SMARTS) is 1. The number of nitrogens with zero attached hydrogens (tertiary/aromatic N) is 2. The summed E-state index contributed by atoms with van der Waals surface area (Å²) in [5.41, 5.74) is 11.2. The van der Waals surface area contributed by atoms with Crippen LogP contribution in [0.2, 0.25) is 0 Å². The minimum absolute atomic E-state index is 0.0296. The van der Waals surface area contributed by atoms with Gasteiger partial charge in [0.15, 0.2) is 5.96 Å². The molecule has 2 unspecified atom stereocenters. The lowest BCUT2D eigenvalue weighted by molar-refractivity contribution is -0.140. The number of rotatable bonds is 8. The van der Waals surface area contributed by atoms with Crippen LogP contribution in [0.25, 0.3) is 0 Å². The fourth-order valence-electron chi connectivity index (χ4n) is 2.97. The molecular weight excluding hydrogens is 322 g/mol. The molecule has 0 spiro atoms. The van der Waals surface area contributed by atoms with Gasteiger partial charge in [-0.3, -0.25) is 14.7 Å². The fourth-order valence-corrected chi connectivity index (χ4v) is 2.97. The van der Waals surface area contributed by atoms with Gasteiger partial charge in [-0.2, -0.15) is 0 Å². The zero-order chi connectivity index (χ0) is 18.2. The number of carbonyl (C=O) groups excluding carboxylic acids is 1. The molecule has 8 nitrogen and oxygen atoms in total. The van der Waals surface area contributed by atoms with Crippen LogP contribution in [0, 0.1) is 0 Å². The molecule has 8 heteroatoms. The van der Waals surface area contributed by atoms with E-state index in [1.54, 1.807) is 24.3 Å². The summed E-state index contributed by atoms with van der Waals surface area (Å²) >= 11 is 0. The van der Waals surface area contributed by atoms with E-state index in [2.05, 4.69) is 10.3 Å². The van der Waals surface area contributed by atoms with Crippen LogP contribution in [-0.4, -0.2) is 48.1 Å². The second kappa shape index (κ2) is 9.03. The SMILES string of the molecule is NC(N)=NCCCC(C(=O)O)N(C(=O)C1CCCN1)c1ccccc1. The van der Waals surface area contributed by atoms with Crippen LogP contribution in [0.15, 0.2) is 35.3 Å². The van der Waals surface area contributed by atoms with E-state index in [0.29, 0.717) is 25.1 Å². The van der Waals surface area contributed by atoms with Crippen molar-refractivity contribution in [2.24, 2.45) is 16.5 Å². The van der Waals surface area contributed by atoms with Crippen LogP contribution in [0.4, 0.5) is 5.69 Å². The number of amides is 1. The number of para-hydroxylation sites is 1. The molecular formula is C17H25N5O3. The predicted octanol–water partition coefficient (Wildman–Crippen LogP) is 0.278. The quantitative estimate of drug-likeness (QED) is 0.303. The Morgan fingerprint density at radius 3 is 2.60 bits per heavy atom. The lowest BCUT2D eigenvalue weighted by Crippen LogP contribution is -2.51. The van der Waals surface area contributed by atoms with Crippen LogP contribution in [0.1, 0.15) is 25.7 Å². The van der Waals surface area contributed by atoms with Crippen LogP contribution >= 0.6 is 0 Å². The highest BCUT2D eigenvalue weighted by molar-refractivity contribution is 6.02. The van der Waals surface area contributed by atoms with Crippen molar-refractivity contribution >= 4 is 23.5 Å². The summed E-state index contributed by atoms with van der Waals surface area (Å²) in [6.07, 6.45) is 2.34. The number of carboxylic acids is 1. The van der Waals surface area contributed by atoms with E-state index >= 15 is 0 Å². The third-order valence-electron chi connectivity index (χ3n) is 4.16. The largest absolute Gasteiger partial charge is 0.480 e. The molecule has 136 valence electrons. The molecule has 0 bridgehead atoms. The van der Waals surface area contributed by atoms with Crippen molar-refractivity contribution in [2.45, 2.75) is 37.8 Å². The minimum Gasteiger partial charge on any atom is -0.480 e. The standard InChI is InChI=1S/C17H25N5O3/c18-17(19)21-11-5-9-14(16(24)25)22(12-6-2-1-3-7-12)15(23)13-8-4-10-20-13/h1-3,6-7,13-14,20H,4-5,8-11H2,(H,24,25)(H4,18,19,21). The molecule has 2 atom stereocenters. The first-order valence-corrected chi connectivity index (χ1v) is 8.40. The van der Waals surface area contributed by atoms with Crippen molar-refractivity contribution in [1.29, 1.82) is 0 Å². The highest BCUT2D eigenvalue weighted by Gasteiger charge is 2.35. The van der Waals surface area contributed by atoms with E-state index in [4.69, 9.17) is 11.5 Å². The number of hydrogen-bond donors (Lipinski definition) is 4. The van der Waals surface area contributed by atoms with E-state index in [-0.39, 0.29) is 24.3 Å². The van der Waals surface area contributed by atoms with E-state index in [0.717, 1.165) is 13.0 Å². The normalized spacial score (nSPS) is 17.7. The Labute approximate surface area is 146 Å². The number of hydrogen-bond acceptors (Lipinski definition) is 4. The Morgan fingerprint density at radius 2 is 2.04 bits per heavy atom. The first kappa shape index (κ1) is 18.7. The molecule has 25 heavy (non-hydrogen) atoms. The maximum absolute atomic E-state index is 13.0. The van der Waals surface area contributed by atoms with Crippen molar-refractivity contribution in [2.75, 3.05) is 18.0 Å². The van der Waals surface area contributed by atoms with Gasteiger partial charge in [-0.1, -0.05) is 18.2 Å². The molecule has 0 aliphatic carbocycles. The van der Waals surface area contributed by atoms with Gasteiger partial charge in [-0.05, 0) is 44.4 Å². The highest BCUT2D eigenvalue weighted by atomic mass is 16.4. The van der Waals surface area contributed by atoms with Crippen molar-refractivity contribution in [3.8, 4) is 0 Å². The van der Waals surface area contributed by atoms with Gasteiger partial charge < -0.3 is 21.9 Å². The number of anilines is 1. The molecule has 1 aromatic carbocycles. The molecule has 1 aromatic rings. The van der Waals surface area contributed by atoms with Gasteiger partial charge in [-0.25, -0.2) is 4.79 Å². The smallest absolute Gasteiger partial charge is 0.326 e. The van der Waals surface area contributed by atoms with E-state index < -0.39 is 12.0 Å². The van der Waals surface area contributed by atoms with Crippen molar-refractivity contribution in [3.63, 3.8) is 0 Å². The Balaban J connectivity index is 2.22. The predicted molar refractivity (Wildman–Crippen MR) is 96.3 cm³/mol. The molecule has 0 radical (unpaired) electrons. The Hall–Kier alpha value is -2.61. The summed E-state index contributed by atoms with van der Waals surface area (Å²) in [6.45, 7) is 1.09. The maximum Gasteiger partial charge on any atom is 0.326 e. The second-order valence-electron chi connectivity index (χ2n) is 6.00. The van der Waals surface area contributed by atoms with Gasteiger partial charge in [0.05, 0.1) is 6.04 Å². The Kier molecular flexibility index (Phi) is 6.76. The molecule has 0 aromatic heterocycles. The van der Waals surface area contributed by atoms with Crippen LogP contribution < -0.4 is 21.7 Å². The maximum atomic E-state index is 13.0. The molecule has 1 amide bonds. The number of aliphatic imine (C=N–C) groups is 1. The number of nitrogens with one attached hydrogen (secondary N) is 1. The second-order valence-corrected chi connectivity index (χ2v) is 6.00. The summed E-state index contributed by atoms with van der Waals surface area (Å²) in [7, 11) is 0. The number of guanidine groups is 1. The van der Waals surface area contributed by atoms with Gasteiger partial charge in [0, 0.05) is 12.2 Å². The van der Waals surface area contributed by atoms with E-state index in [1.165, 1.54) is 4.90 Å². The number of aliphatic carboxylic acids is 1. The summed E-state index contributed by atoms with van der Waals surface area (Å²) in [4.78, 5) is 30.1. The molecule has 1 saturated heterocycles. The van der Waals surface area contributed by atoms with E-state index in [9.17, 15) is 14.7 Å². The zero-order valence-corrected chi connectivity index (χ0v) is 14.1. The molecule has 1 fully saturated rings. The fraction of sp³-hybridized carbons (Fsp3) is 0.471. The summed E-state index contributed by atoms with van der Waals surface area (Å²) in [6, 6.07) is 7.59. The summed E-state index contributed by atoms with van der Waals surface area (Å²) in [5, 5.41) is 12.8. The number of benzene rings is 1.